The number of nitrogens with two attached hydrogens (primary N) is 1. The van der Waals surface area contributed by atoms with Crippen molar-refractivity contribution >= 4 is 29.5 Å². The fourth-order valence-corrected chi connectivity index (χ4v) is 2.10. The molecule has 0 fully saturated rings. The van der Waals surface area contributed by atoms with Crippen LogP contribution >= 0.6 is 0 Å². The molecule has 0 bridgehead atoms. The van der Waals surface area contributed by atoms with E-state index in [1.165, 1.54) is 6.92 Å². The standard InChI is InChI=1S/C16H17N3O5/c1-3-23-15(21)11-9(2)24-14(12(11)13(17)20)19-16(22)18-10-7-5-4-6-8-10/h4-8H,3H2,1-2H3,(H2,17,20)(H2,18,19,22). The maximum Gasteiger partial charge on any atom is 0.342 e. The van der Waals surface area contributed by atoms with Gasteiger partial charge in [0, 0.05) is 5.69 Å². The summed E-state index contributed by atoms with van der Waals surface area (Å²) >= 11 is 0. The number of hydrogen-bond donors (Lipinski definition) is 3. The van der Waals surface area contributed by atoms with E-state index >= 15 is 0 Å². The Morgan fingerprint density at radius 2 is 1.79 bits per heavy atom. The number of carbonyl (C=O) groups excluding carboxylic acids is 3. The van der Waals surface area contributed by atoms with Crippen molar-refractivity contribution in [3.05, 3.63) is 47.2 Å². The summed E-state index contributed by atoms with van der Waals surface area (Å²) in [5.41, 5.74) is 5.53. The van der Waals surface area contributed by atoms with Crippen LogP contribution in [0.4, 0.5) is 16.4 Å². The van der Waals surface area contributed by atoms with Crippen molar-refractivity contribution in [2.24, 2.45) is 5.73 Å². The van der Waals surface area contributed by atoms with E-state index in [-0.39, 0.29) is 29.4 Å². The first-order valence-corrected chi connectivity index (χ1v) is 7.17. The van der Waals surface area contributed by atoms with E-state index in [4.69, 9.17) is 14.9 Å². The second-order valence-electron chi connectivity index (χ2n) is 4.77. The van der Waals surface area contributed by atoms with Crippen LogP contribution in [0.3, 0.4) is 0 Å². The zero-order valence-electron chi connectivity index (χ0n) is 13.2. The zero-order chi connectivity index (χ0) is 17.7. The molecule has 2 rings (SSSR count). The van der Waals surface area contributed by atoms with Crippen LogP contribution in [-0.2, 0) is 4.74 Å². The monoisotopic (exact) mass is 331 g/mol. The number of ether oxygens (including phenoxy) is 1. The van der Waals surface area contributed by atoms with Crippen molar-refractivity contribution < 1.29 is 23.5 Å². The first-order valence-electron chi connectivity index (χ1n) is 7.17. The Morgan fingerprint density at radius 1 is 1.12 bits per heavy atom. The third-order valence-electron chi connectivity index (χ3n) is 3.07. The van der Waals surface area contributed by atoms with Crippen LogP contribution in [-0.4, -0.2) is 24.5 Å². The summed E-state index contributed by atoms with van der Waals surface area (Å²) in [7, 11) is 0. The predicted octanol–water partition coefficient (Wildman–Crippen LogP) is 2.51. The molecule has 0 saturated carbocycles. The number of furan rings is 1. The average Bonchev–Trinajstić information content (AvgIpc) is 2.84. The molecule has 1 aromatic heterocycles. The van der Waals surface area contributed by atoms with Gasteiger partial charge in [-0.15, -0.1) is 0 Å². The number of benzene rings is 1. The van der Waals surface area contributed by atoms with Gasteiger partial charge in [0.25, 0.3) is 5.91 Å². The minimum Gasteiger partial charge on any atom is -0.462 e. The molecule has 1 heterocycles. The third kappa shape index (κ3) is 3.72. The summed E-state index contributed by atoms with van der Waals surface area (Å²) in [5.74, 6) is -1.75. The summed E-state index contributed by atoms with van der Waals surface area (Å²) in [5, 5.41) is 4.93. The number of para-hydroxylation sites is 1. The molecule has 8 heteroatoms. The van der Waals surface area contributed by atoms with Gasteiger partial charge in [-0.05, 0) is 26.0 Å². The normalized spacial score (nSPS) is 10.1. The molecular weight excluding hydrogens is 314 g/mol. The highest BCUT2D eigenvalue weighted by Crippen LogP contribution is 2.27. The van der Waals surface area contributed by atoms with Gasteiger partial charge < -0.3 is 20.2 Å². The Hall–Kier alpha value is -3.29. The number of amides is 3. The van der Waals surface area contributed by atoms with Gasteiger partial charge in [-0.3, -0.25) is 10.1 Å². The molecule has 24 heavy (non-hydrogen) atoms. The lowest BCUT2D eigenvalue weighted by molar-refractivity contribution is 0.0521. The summed E-state index contributed by atoms with van der Waals surface area (Å²) in [6.07, 6.45) is 0. The molecule has 0 spiro atoms. The molecule has 0 saturated heterocycles. The quantitative estimate of drug-likeness (QED) is 0.726. The Balaban J connectivity index is 2.27. The minimum absolute atomic E-state index is 0.0978. The number of aryl methyl sites for hydroxylation is 1. The molecule has 0 unspecified atom stereocenters. The Morgan fingerprint density at radius 3 is 2.38 bits per heavy atom. The van der Waals surface area contributed by atoms with Gasteiger partial charge in [-0.1, -0.05) is 18.2 Å². The summed E-state index contributed by atoms with van der Waals surface area (Å²) in [6.45, 7) is 3.22. The molecule has 4 N–H and O–H groups in total. The SMILES string of the molecule is CCOC(=O)c1c(C)oc(NC(=O)Nc2ccccc2)c1C(N)=O. The van der Waals surface area contributed by atoms with Gasteiger partial charge in [0.05, 0.1) is 6.61 Å². The van der Waals surface area contributed by atoms with Crippen LogP contribution in [0.2, 0.25) is 0 Å². The number of hydrogen-bond acceptors (Lipinski definition) is 5. The van der Waals surface area contributed by atoms with Crippen molar-refractivity contribution in [3.63, 3.8) is 0 Å². The van der Waals surface area contributed by atoms with Gasteiger partial charge in [0.2, 0.25) is 5.88 Å². The fraction of sp³-hybridized carbons (Fsp3) is 0.188. The van der Waals surface area contributed by atoms with E-state index < -0.39 is 17.9 Å². The van der Waals surface area contributed by atoms with E-state index in [0.29, 0.717) is 5.69 Å². The molecule has 3 amide bonds. The Bertz CT molecular complexity index is 768. The molecule has 0 atom stereocenters. The van der Waals surface area contributed by atoms with Gasteiger partial charge in [0.1, 0.15) is 16.9 Å². The fourth-order valence-electron chi connectivity index (χ4n) is 2.10. The lowest BCUT2D eigenvalue weighted by Gasteiger charge is -2.06. The Kier molecular flexibility index (Phi) is 5.20. The Labute approximate surface area is 138 Å². The van der Waals surface area contributed by atoms with E-state index in [2.05, 4.69) is 10.6 Å². The average molecular weight is 331 g/mol. The van der Waals surface area contributed by atoms with Crippen molar-refractivity contribution in [1.29, 1.82) is 0 Å². The highest BCUT2D eigenvalue weighted by atomic mass is 16.5. The van der Waals surface area contributed by atoms with Crippen LogP contribution in [0.1, 0.15) is 33.4 Å². The second-order valence-corrected chi connectivity index (χ2v) is 4.77. The summed E-state index contributed by atoms with van der Waals surface area (Å²) in [4.78, 5) is 35.7. The molecule has 0 aliphatic carbocycles. The molecule has 126 valence electrons. The zero-order valence-corrected chi connectivity index (χ0v) is 13.2. The van der Waals surface area contributed by atoms with Gasteiger partial charge >= 0.3 is 12.0 Å². The van der Waals surface area contributed by atoms with Crippen molar-refractivity contribution in [1.82, 2.24) is 0 Å². The topological polar surface area (TPSA) is 124 Å². The molecular formula is C16H17N3O5. The van der Waals surface area contributed by atoms with Crippen molar-refractivity contribution in [2.45, 2.75) is 13.8 Å². The predicted molar refractivity (Wildman–Crippen MR) is 87.0 cm³/mol. The number of carbonyl (C=O) groups is 3. The number of rotatable bonds is 5. The third-order valence-corrected chi connectivity index (χ3v) is 3.07. The van der Waals surface area contributed by atoms with E-state index in [0.717, 1.165) is 0 Å². The van der Waals surface area contributed by atoms with Crippen molar-refractivity contribution in [3.8, 4) is 0 Å². The van der Waals surface area contributed by atoms with Crippen LogP contribution in [0, 0.1) is 6.92 Å². The molecule has 0 radical (unpaired) electrons. The number of nitrogens with one attached hydrogen (secondary N) is 2. The first kappa shape index (κ1) is 17.1. The smallest absolute Gasteiger partial charge is 0.342 e. The van der Waals surface area contributed by atoms with Crippen LogP contribution in [0.15, 0.2) is 34.7 Å². The van der Waals surface area contributed by atoms with Gasteiger partial charge in [-0.2, -0.15) is 0 Å². The molecule has 0 aliphatic rings. The molecule has 0 aliphatic heterocycles. The van der Waals surface area contributed by atoms with E-state index in [1.54, 1.807) is 37.3 Å². The van der Waals surface area contributed by atoms with E-state index in [1.807, 2.05) is 0 Å². The number of anilines is 2. The minimum atomic E-state index is -0.912. The van der Waals surface area contributed by atoms with Crippen LogP contribution < -0.4 is 16.4 Å². The first-order chi connectivity index (χ1) is 11.4. The highest BCUT2D eigenvalue weighted by Gasteiger charge is 2.29. The maximum absolute atomic E-state index is 12.0. The van der Waals surface area contributed by atoms with Gasteiger partial charge in [0.15, 0.2) is 0 Å². The summed E-state index contributed by atoms with van der Waals surface area (Å²) in [6, 6.07) is 8.03. The molecule has 8 nitrogen and oxygen atoms in total. The lowest BCUT2D eigenvalue weighted by Crippen LogP contribution is -2.23. The number of urea groups is 1. The second kappa shape index (κ2) is 7.32. The van der Waals surface area contributed by atoms with Crippen LogP contribution in [0.25, 0.3) is 0 Å². The highest BCUT2D eigenvalue weighted by molar-refractivity contribution is 6.11. The summed E-state index contributed by atoms with van der Waals surface area (Å²) < 4.78 is 10.2. The molecule has 2 aromatic rings. The van der Waals surface area contributed by atoms with E-state index in [9.17, 15) is 14.4 Å². The number of primary amides is 1. The van der Waals surface area contributed by atoms with Crippen LogP contribution in [0.5, 0.6) is 0 Å². The largest absolute Gasteiger partial charge is 0.462 e. The van der Waals surface area contributed by atoms with Gasteiger partial charge in [-0.25, -0.2) is 9.59 Å². The lowest BCUT2D eigenvalue weighted by atomic mass is 10.1. The maximum atomic E-state index is 12.0. The van der Waals surface area contributed by atoms with Crippen molar-refractivity contribution in [2.75, 3.05) is 17.2 Å². The number of esters is 1. The molecule has 1 aromatic carbocycles.